The number of nitrogens with zero attached hydrogens (tertiary/aromatic N) is 6. The fraction of sp³-hybridized carbons (Fsp3) is 0.0196. The SMILES string of the molecule is C=C(N=C(N=C(C)c1cc2c3ccccc3c(=N)n3c4ccc(-c5nc(-c6ccccc6)nc(-c6ccccc6)n5)cc4c(c1)c23)c1ccccc1)c1ccccc1. The Hall–Kier alpha value is -7.90. The normalized spacial score (nSPS) is 12.2. The quantitative estimate of drug-likeness (QED) is 0.1000. The molecule has 7 nitrogen and oxygen atoms in total. The second kappa shape index (κ2) is 14.3. The summed E-state index contributed by atoms with van der Waals surface area (Å²) in [6.45, 7) is 6.33. The summed E-state index contributed by atoms with van der Waals surface area (Å²) in [7, 11) is 0. The molecule has 58 heavy (non-hydrogen) atoms. The minimum absolute atomic E-state index is 0.435. The van der Waals surface area contributed by atoms with Crippen LogP contribution in [0, 0.1) is 5.41 Å². The van der Waals surface area contributed by atoms with E-state index in [9.17, 15) is 5.41 Å². The number of hydrogen-bond acceptors (Lipinski definition) is 5. The van der Waals surface area contributed by atoms with Gasteiger partial charge >= 0.3 is 0 Å². The number of fused-ring (bicyclic) bond motifs is 5. The van der Waals surface area contributed by atoms with Crippen LogP contribution in [-0.4, -0.2) is 30.9 Å². The molecule has 0 radical (unpaired) electrons. The number of aliphatic imine (C=N–C) groups is 2. The molecule has 0 aliphatic carbocycles. The average Bonchev–Trinajstić information content (AvgIpc) is 3.63. The van der Waals surface area contributed by atoms with Crippen molar-refractivity contribution < 1.29 is 0 Å². The highest BCUT2D eigenvalue weighted by molar-refractivity contribution is 6.23. The maximum Gasteiger partial charge on any atom is 0.164 e. The van der Waals surface area contributed by atoms with Gasteiger partial charge in [0.15, 0.2) is 23.3 Å². The zero-order valence-corrected chi connectivity index (χ0v) is 31.6. The fourth-order valence-electron chi connectivity index (χ4n) is 7.70. The number of amidine groups is 1. The van der Waals surface area contributed by atoms with Crippen molar-refractivity contribution in [2.24, 2.45) is 9.98 Å². The first-order valence-electron chi connectivity index (χ1n) is 19.1. The van der Waals surface area contributed by atoms with Crippen molar-refractivity contribution in [2.45, 2.75) is 6.92 Å². The van der Waals surface area contributed by atoms with Gasteiger partial charge in [-0.15, -0.1) is 0 Å². The van der Waals surface area contributed by atoms with Crippen LogP contribution in [0.2, 0.25) is 0 Å². The Balaban J connectivity index is 1.20. The predicted molar refractivity (Wildman–Crippen MR) is 237 cm³/mol. The van der Waals surface area contributed by atoms with Gasteiger partial charge in [-0.1, -0.05) is 152 Å². The van der Waals surface area contributed by atoms with Crippen LogP contribution in [0.4, 0.5) is 0 Å². The Morgan fingerprint density at radius 1 is 0.483 bits per heavy atom. The van der Waals surface area contributed by atoms with Crippen LogP contribution >= 0.6 is 0 Å². The molecular formula is C51H35N7. The molecule has 0 atom stereocenters. The van der Waals surface area contributed by atoms with Gasteiger partial charge in [-0.25, -0.2) is 24.9 Å². The lowest BCUT2D eigenvalue weighted by molar-refractivity contribution is 1.07. The lowest BCUT2D eigenvalue weighted by Gasteiger charge is -2.11. The van der Waals surface area contributed by atoms with E-state index in [2.05, 4.69) is 41.3 Å². The van der Waals surface area contributed by atoms with Crippen molar-refractivity contribution in [3.05, 3.63) is 205 Å². The van der Waals surface area contributed by atoms with Gasteiger partial charge in [0.2, 0.25) is 0 Å². The Labute approximate surface area is 334 Å². The molecule has 1 N–H and O–H groups in total. The lowest BCUT2D eigenvalue weighted by atomic mass is 9.99. The van der Waals surface area contributed by atoms with Gasteiger partial charge in [-0.05, 0) is 53.8 Å². The smallest absolute Gasteiger partial charge is 0.164 e. The average molecular weight is 746 g/mol. The van der Waals surface area contributed by atoms with E-state index < -0.39 is 0 Å². The number of benzene rings is 7. The third-order valence-electron chi connectivity index (χ3n) is 10.6. The first kappa shape index (κ1) is 34.6. The van der Waals surface area contributed by atoms with Crippen LogP contribution in [0.15, 0.2) is 192 Å². The van der Waals surface area contributed by atoms with Crippen molar-refractivity contribution in [3.63, 3.8) is 0 Å². The van der Waals surface area contributed by atoms with Crippen LogP contribution in [-0.2, 0) is 0 Å². The number of aromatic nitrogens is 4. The van der Waals surface area contributed by atoms with Crippen molar-refractivity contribution in [1.29, 1.82) is 5.41 Å². The number of pyridine rings is 1. The number of nitrogens with one attached hydrogen (secondary N) is 1. The largest absolute Gasteiger partial charge is 0.293 e. The Kier molecular flexibility index (Phi) is 8.53. The van der Waals surface area contributed by atoms with Crippen LogP contribution in [0.3, 0.4) is 0 Å². The van der Waals surface area contributed by atoms with Crippen molar-refractivity contribution >= 4 is 55.2 Å². The minimum atomic E-state index is 0.435. The van der Waals surface area contributed by atoms with Crippen LogP contribution in [0.5, 0.6) is 0 Å². The van der Waals surface area contributed by atoms with E-state index in [-0.39, 0.29) is 0 Å². The Bertz CT molecular complexity index is 3240. The first-order valence-corrected chi connectivity index (χ1v) is 19.1. The molecule has 0 aliphatic heterocycles. The summed E-state index contributed by atoms with van der Waals surface area (Å²) in [5, 5.41) is 14.4. The molecule has 0 amide bonds. The zero-order valence-electron chi connectivity index (χ0n) is 31.6. The number of rotatable bonds is 7. The van der Waals surface area contributed by atoms with Gasteiger partial charge in [0, 0.05) is 49.5 Å². The summed E-state index contributed by atoms with van der Waals surface area (Å²) in [5.74, 6) is 2.35. The van der Waals surface area contributed by atoms with E-state index in [1.165, 1.54) is 0 Å². The molecule has 10 aromatic rings. The summed E-state index contributed by atoms with van der Waals surface area (Å²) >= 11 is 0. The second-order valence-corrected chi connectivity index (χ2v) is 14.2. The van der Waals surface area contributed by atoms with Crippen molar-refractivity contribution in [1.82, 2.24) is 19.4 Å². The van der Waals surface area contributed by atoms with E-state index in [1.807, 2.05) is 153 Å². The Morgan fingerprint density at radius 2 is 0.983 bits per heavy atom. The zero-order chi connectivity index (χ0) is 39.2. The third kappa shape index (κ3) is 6.11. The molecule has 0 fully saturated rings. The van der Waals surface area contributed by atoms with E-state index in [0.29, 0.717) is 34.5 Å². The third-order valence-corrected chi connectivity index (χ3v) is 10.6. The van der Waals surface area contributed by atoms with E-state index >= 15 is 0 Å². The van der Waals surface area contributed by atoms with Crippen molar-refractivity contribution in [3.8, 4) is 34.2 Å². The molecule has 0 saturated heterocycles. The van der Waals surface area contributed by atoms with E-state index in [0.717, 1.165) is 77.1 Å². The van der Waals surface area contributed by atoms with Gasteiger partial charge in [0.1, 0.15) is 5.49 Å². The first-order chi connectivity index (χ1) is 28.5. The topological polar surface area (TPSA) is 91.7 Å². The van der Waals surface area contributed by atoms with Gasteiger partial charge in [0.05, 0.1) is 16.7 Å². The van der Waals surface area contributed by atoms with Crippen LogP contribution < -0.4 is 5.49 Å². The highest BCUT2D eigenvalue weighted by Crippen LogP contribution is 2.37. The molecule has 0 aliphatic rings. The predicted octanol–water partition coefficient (Wildman–Crippen LogP) is 11.4. The van der Waals surface area contributed by atoms with Gasteiger partial charge in [0.25, 0.3) is 0 Å². The van der Waals surface area contributed by atoms with Crippen LogP contribution in [0.1, 0.15) is 23.6 Å². The monoisotopic (exact) mass is 745 g/mol. The van der Waals surface area contributed by atoms with Gasteiger partial charge < -0.3 is 0 Å². The summed E-state index contributed by atoms with van der Waals surface area (Å²) in [6, 6.07) is 58.8. The standard InChI is InChI=1S/C51H35N7/c1-32(34-17-7-3-8-18-34)53-48(35-19-9-4-10-20-35)54-33(2)39-30-43-40-25-15-16-26-41(40)47(52)58-45-28-27-38(29-42(45)44(31-39)46(43)58)51-56-49(36-21-11-5-12-22-36)55-50(57-51)37-23-13-6-14-24-37/h3-31,52H,1H2,2H3. The van der Waals surface area contributed by atoms with E-state index in [4.69, 9.17) is 24.9 Å². The van der Waals surface area contributed by atoms with E-state index in [1.54, 1.807) is 0 Å². The molecule has 10 rings (SSSR count). The maximum absolute atomic E-state index is 9.49. The molecule has 0 bridgehead atoms. The Morgan fingerprint density at radius 3 is 1.59 bits per heavy atom. The summed E-state index contributed by atoms with van der Waals surface area (Å²) in [5.41, 5.74) is 9.22. The van der Waals surface area contributed by atoms with Crippen LogP contribution in [0.25, 0.3) is 77.8 Å². The number of hydrogen-bond donors (Lipinski definition) is 1. The molecule has 0 unspecified atom stereocenters. The summed E-state index contributed by atoms with van der Waals surface area (Å²) in [4.78, 5) is 25.2. The van der Waals surface area contributed by atoms with Gasteiger partial charge in [-0.3, -0.25) is 9.81 Å². The highest BCUT2D eigenvalue weighted by Gasteiger charge is 2.20. The minimum Gasteiger partial charge on any atom is -0.293 e. The summed E-state index contributed by atoms with van der Waals surface area (Å²) < 4.78 is 2.07. The molecule has 3 aromatic heterocycles. The summed E-state index contributed by atoms with van der Waals surface area (Å²) in [6.07, 6.45) is 0. The fourth-order valence-corrected chi connectivity index (χ4v) is 7.70. The van der Waals surface area contributed by atoms with Crippen molar-refractivity contribution in [2.75, 3.05) is 0 Å². The molecule has 274 valence electrons. The molecule has 3 heterocycles. The van der Waals surface area contributed by atoms with Gasteiger partial charge in [-0.2, -0.15) is 0 Å². The lowest BCUT2D eigenvalue weighted by Crippen LogP contribution is -2.13. The molecule has 0 spiro atoms. The molecular weight excluding hydrogens is 711 g/mol. The molecule has 7 heteroatoms. The highest BCUT2D eigenvalue weighted by atomic mass is 15.0. The maximum atomic E-state index is 9.49. The molecule has 7 aromatic carbocycles. The second-order valence-electron chi connectivity index (χ2n) is 14.2. The molecule has 0 saturated carbocycles.